The van der Waals surface area contributed by atoms with Gasteiger partial charge in [0, 0.05) is 16.6 Å². The second-order valence-electron chi connectivity index (χ2n) is 3.58. The Morgan fingerprint density at radius 2 is 2.07 bits per heavy atom. The van der Waals surface area contributed by atoms with Crippen LogP contribution in [-0.4, -0.2) is 16.5 Å². The van der Waals surface area contributed by atoms with E-state index in [1.165, 1.54) is 6.07 Å². The Kier molecular flexibility index (Phi) is 2.54. The van der Waals surface area contributed by atoms with Gasteiger partial charge in [0.05, 0.1) is 0 Å². The fourth-order valence-electron chi connectivity index (χ4n) is 1.78. The predicted molar refractivity (Wildman–Crippen MR) is 55.8 cm³/mol. The molecule has 0 aliphatic carbocycles. The molecule has 1 aliphatic rings. The van der Waals surface area contributed by atoms with E-state index in [9.17, 15) is 9.90 Å². The molecule has 1 aromatic rings. The van der Waals surface area contributed by atoms with Crippen molar-refractivity contribution in [3.05, 3.63) is 22.1 Å². The van der Waals surface area contributed by atoms with Gasteiger partial charge in [-0.25, -0.2) is 0 Å². The van der Waals surface area contributed by atoms with Gasteiger partial charge in [0.1, 0.15) is 11.5 Å². The summed E-state index contributed by atoms with van der Waals surface area (Å²) < 4.78 is 0. The van der Waals surface area contributed by atoms with E-state index in [2.05, 4.69) is 4.98 Å². The van der Waals surface area contributed by atoms with Crippen LogP contribution in [0.25, 0.3) is 0 Å². The molecule has 1 saturated heterocycles. The van der Waals surface area contributed by atoms with Crippen molar-refractivity contribution in [2.45, 2.75) is 24.7 Å². The van der Waals surface area contributed by atoms with Crippen molar-refractivity contribution in [2.24, 2.45) is 0 Å². The third-order valence-corrected chi connectivity index (χ3v) is 4.94. The van der Waals surface area contributed by atoms with Gasteiger partial charge in [-0.15, -0.1) is 0 Å². The maximum atomic E-state index is 11.6. The average Bonchev–Trinajstić information content (AvgIpc) is 2.54. The minimum atomic E-state index is -0.166. The summed E-state index contributed by atoms with van der Waals surface area (Å²) in [5.74, 6) is 1.96. The van der Waals surface area contributed by atoms with Crippen LogP contribution in [0.15, 0.2) is 15.8 Å². The Balaban J connectivity index is 2.46. The molecule has 3 nitrogen and oxygen atoms in total. The van der Waals surface area contributed by atoms with Crippen LogP contribution in [0.3, 0.4) is 0 Å². The number of aryl methyl sites for hydroxylation is 1. The number of aromatic amines is 1. The van der Waals surface area contributed by atoms with E-state index in [1.807, 2.05) is 0 Å². The van der Waals surface area contributed by atoms with Crippen molar-refractivity contribution in [3.63, 3.8) is 0 Å². The molecule has 2 rings (SSSR count). The number of aromatic nitrogens is 1. The van der Waals surface area contributed by atoms with Crippen LogP contribution >= 0.6 is 0 Å². The summed E-state index contributed by atoms with van der Waals surface area (Å²) >= 11 is 0. The second-order valence-corrected chi connectivity index (χ2v) is 5.79. The summed E-state index contributed by atoms with van der Waals surface area (Å²) in [6.07, 6.45) is 2.30. The molecule has 1 N–H and O–H groups in total. The smallest absolute Gasteiger partial charge is 0.302 e. The third kappa shape index (κ3) is 1.66. The van der Waals surface area contributed by atoms with Crippen LogP contribution in [0.1, 0.15) is 18.5 Å². The first kappa shape index (κ1) is 9.65. The lowest BCUT2D eigenvalue weighted by atomic mass is 10.3. The topological polar surface area (TPSA) is 55.9 Å². The highest BCUT2D eigenvalue weighted by Crippen LogP contribution is 2.25. The van der Waals surface area contributed by atoms with Gasteiger partial charge in [0.15, 0.2) is 0 Å². The Labute approximate surface area is 85.5 Å². The maximum absolute atomic E-state index is 11.6. The molecular formula is C10H13NO2S. The van der Waals surface area contributed by atoms with E-state index in [0.717, 1.165) is 24.3 Å². The number of nitrogens with one attached hydrogen (secondary N) is 1. The van der Waals surface area contributed by atoms with Gasteiger partial charge in [0.25, 0.3) is 0 Å². The number of pyridine rings is 1. The Bertz CT molecular complexity index is 394. The monoisotopic (exact) mass is 211 g/mol. The number of hydrogen-bond donors (Lipinski definition) is 1. The summed E-state index contributed by atoms with van der Waals surface area (Å²) in [6, 6.07) is 1.53. The predicted octanol–water partition coefficient (Wildman–Crippen LogP) is 0.528. The normalized spacial score (nSPS) is 17.5. The summed E-state index contributed by atoms with van der Waals surface area (Å²) in [4.78, 5) is 14.8. The van der Waals surface area contributed by atoms with Crippen molar-refractivity contribution in [1.82, 2.24) is 4.98 Å². The van der Waals surface area contributed by atoms with Gasteiger partial charge in [-0.1, -0.05) is 0 Å². The van der Waals surface area contributed by atoms with Crippen molar-refractivity contribution in [1.29, 1.82) is 0 Å². The van der Waals surface area contributed by atoms with Crippen LogP contribution in [0.2, 0.25) is 0 Å². The lowest BCUT2D eigenvalue weighted by molar-refractivity contribution is -0.272. The minimum absolute atomic E-state index is 0.0727. The molecule has 4 heteroatoms. The molecule has 0 unspecified atom stereocenters. The fourth-order valence-corrected chi connectivity index (χ4v) is 4.15. The first-order chi connectivity index (χ1) is 6.68. The lowest BCUT2D eigenvalue weighted by Crippen LogP contribution is -2.22. The highest BCUT2D eigenvalue weighted by atomic mass is 32.2. The van der Waals surface area contributed by atoms with Crippen LogP contribution in [-0.2, 0) is 10.9 Å². The third-order valence-electron chi connectivity index (χ3n) is 2.41. The maximum Gasteiger partial charge on any atom is 0.302 e. The van der Waals surface area contributed by atoms with Crippen molar-refractivity contribution in [2.75, 3.05) is 11.5 Å². The molecule has 0 radical (unpaired) electrons. The van der Waals surface area contributed by atoms with E-state index in [4.69, 9.17) is 0 Å². The largest absolute Gasteiger partial charge is 0.869 e. The molecule has 76 valence electrons. The SMILES string of the molecule is Cc1cc([O-])c([S+]2CCCC2)c(=O)[nH]1. The van der Waals surface area contributed by atoms with Crippen molar-refractivity contribution in [3.8, 4) is 5.75 Å². The van der Waals surface area contributed by atoms with Crippen molar-refractivity contribution >= 4 is 10.9 Å². The number of rotatable bonds is 1. The molecule has 1 aromatic heterocycles. The molecule has 0 aromatic carbocycles. The average molecular weight is 211 g/mol. The van der Waals surface area contributed by atoms with Crippen molar-refractivity contribution < 1.29 is 5.11 Å². The molecule has 0 saturated carbocycles. The van der Waals surface area contributed by atoms with E-state index < -0.39 is 0 Å². The van der Waals surface area contributed by atoms with E-state index in [0.29, 0.717) is 10.6 Å². The van der Waals surface area contributed by atoms with Gasteiger partial charge in [0.2, 0.25) is 4.90 Å². The first-order valence-electron chi connectivity index (χ1n) is 4.77. The molecule has 0 atom stereocenters. The van der Waals surface area contributed by atoms with Crippen LogP contribution in [0, 0.1) is 6.92 Å². The Morgan fingerprint density at radius 1 is 1.43 bits per heavy atom. The molecule has 0 bridgehead atoms. The molecule has 1 fully saturated rings. The Morgan fingerprint density at radius 3 is 2.64 bits per heavy atom. The van der Waals surface area contributed by atoms with Crippen LogP contribution in [0.4, 0.5) is 0 Å². The molecule has 0 spiro atoms. The second kappa shape index (κ2) is 3.69. The van der Waals surface area contributed by atoms with Gasteiger partial charge in [-0.05, 0) is 31.6 Å². The van der Waals surface area contributed by atoms with Crippen LogP contribution in [0.5, 0.6) is 5.75 Å². The highest BCUT2D eigenvalue weighted by Gasteiger charge is 2.30. The summed E-state index contributed by atoms with van der Waals surface area (Å²) in [6.45, 7) is 1.74. The highest BCUT2D eigenvalue weighted by molar-refractivity contribution is 7.97. The quantitative estimate of drug-likeness (QED) is 0.689. The van der Waals surface area contributed by atoms with Gasteiger partial charge in [-0.2, -0.15) is 0 Å². The Hall–Kier alpha value is -0.900. The van der Waals surface area contributed by atoms with E-state index >= 15 is 0 Å². The van der Waals surface area contributed by atoms with Crippen LogP contribution < -0.4 is 10.7 Å². The lowest BCUT2D eigenvalue weighted by Gasteiger charge is -2.10. The zero-order valence-corrected chi connectivity index (χ0v) is 8.95. The summed E-state index contributed by atoms with van der Waals surface area (Å²) in [5, 5.41) is 11.6. The van der Waals surface area contributed by atoms with Gasteiger partial charge >= 0.3 is 5.56 Å². The standard InChI is InChI=1S/C10H13NO2S/c1-7-6-8(12)9(10(13)11-7)14-4-2-3-5-14/h6H,2-5H2,1H3,(H-,11,12,13). The summed E-state index contributed by atoms with van der Waals surface area (Å²) in [5.41, 5.74) is 0.492. The number of H-pyrrole nitrogens is 1. The molecule has 0 amide bonds. The molecule has 2 heterocycles. The first-order valence-corrected chi connectivity index (χ1v) is 6.33. The number of hydrogen-bond acceptors (Lipinski definition) is 2. The molecular weight excluding hydrogens is 198 g/mol. The molecule has 1 aliphatic heterocycles. The fraction of sp³-hybridized carbons (Fsp3) is 0.500. The van der Waals surface area contributed by atoms with Gasteiger partial charge in [-0.3, -0.25) is 4.79 Å². The molecule has 14 heavy (non-hydrogen) atoms. The van der Waals surface area contributed by atoms with E-state index in [1.54, 1.807) is 6.92 Å². The zero-order valence-electron chi connectivity index (χ0n) is 8.13. The minimum Gasteiger partial charge on any atom is -0.869 e. The zero-order chi connectivity index (χ0) is 10.1. The van der Waals surface area contributed by atoms with E-state index in [-0.39, 0.29) is 22.2 Å². The van der Waals surface area contributed by atoms with Gasteiger partial charge < -0.3 is 10.1 Å². The summed E-state index contributed by atoms with van der Waals surface area (Å²) in [7, 11) is -0.0783.